The third-order valence-corrected chi connectivity index (χ3v) is 3.66. The zero-order valence-corrected chi connectivity index (χ0v) is 10.7. The van der Waals surface area contributed by atoms with Gasteiger partial charge in [-0.15, -0.1) is 0 Å². The molecule has 0 heterocycles. The molecule has 1 aliphatic rings. The molecular weight excluding hydrogens is 232 g/mol. The second-order valence-electron chi connectivity index (χ2n) is 4.85. The third kappa shape index (κ3) is 3.73. The van der Waals surface area contributed by atoms with E-state index in [4.69, 9.17) is 10.4 Å². The number of carbonyl (C=O) groups excluding carboxylic acids is 1. The van der Waals surface area contributed by atoms with Crippen molar-refractivity contribution in [3.63, 3.8) is 0 Å². The molecule has 3 atom stereocenters. The summed E-state index contributed by atoms with van der Waals surface area (Å²) in [5.74, 6) is -1.67. The molecular formula is C13H20N2O3. The summed E-state index contributed by atoms with van der Waals surface area (Å²) in [5, 5.41) is 20.3. The van der Waals surface area contributed by atoms with Crippen molar-refractivity contribution in [2.75, 3.05) is 6.54 Å². The molecule has 0 saturated heterocycles. The summed E-state index contributed by atoms with van der Waals surface area (Å²) in [7, 11) is 0. The highest BCUT2D eigenvalue weighted by Crippen LogP contribution is 2.38. The molecule has 0 aromatic heterocycles. The van der Waals surface area contributed by atoms with Crippen LogP contribution >= 0.6 is 0 Å². The Morgan fingerprint density at radius 3 is 2.61 bits per heavy atom. The fourth-order valence-electron chi connectivity index (χ4n) is 2.55. The summed E-state index contributed by atoms with van der Waals surface area (Å²) in [6.45, 7) is 2.48. The Morgan fingerprint density at radius 2 is 2.06 bits per heavy atom. The van der Waals surface area contributed by atoms with Gasteiger partial charge >= 0.3 is 5.97 Å². The highest BCUT2D eigenvalue weighted by atomic mass is 16.4. The lowest BCUT2D eigenvalue weighted by Gasteiger charge is -2.15. The van der Waals surface area contributed by atoms with Crippen LogP contribution in [0.3, 0.4) is 0 Å². The molecule has 0 radical (unpaired) electrons. The molecule has 1 saturated carbocycles. The highest BCUT2D eigenvalue weighted by Gasteiger charge is 2.41. The number of rotatable bonds is 6. The monoisotopic (exact) mass is 252 g/mol. The number of amides is 1. The number of carbonyl (C=O) groups is 2. The van der Waals surface area contributed by atoms with Crippen molar-refractivity contribution in [3.8, 4) is 6.07 Å². The van der Waals surface area contributed by atoms with Crippen LogP contribution in [0.15, 0.2) is 0 Å². The zero-order chi connectivity index (χ0) is 13.5. The normalized spacial score (nSPS) is 26.6. The van der Waals surface area contributed by atoms with E-state index in [0.717, 1.165) is 6.42 Å². The SMILES string of the molecule is CCC1CC(C(=O)O)C(C(=O)NCCCC#N)C1. The Morgan fingerprint density at radius 1 is 1.39 bits per heavy atom. The van der Waals surface area contributed by atoms with Crippen molar-refractivity contribution < 1.29 is 14.7 Å². The van der Waals surface area contributed by atoms with Gasteiger partial charge in [-0.25, -0.2) is 0 Å². The largest absolute Gasteiger partial charge is 0.481 e. The van der Waals surface area contributed by atoms with Gasteiger partial charge < -0.3 is 10.4 Å². The number of unbranched alkanes of at least 4 members (excludes halogenated alkanes) is 1. The maximum absolute atomic E-state index is 11.9. The van der Waals surface area contributed by atoms with Crippen molar-refractivity contribution >= 4 is 11.9 Å². The quantitative estimate of drug-likeness (QED) is 0.702. The number of nitriles is 1. The Kier molecular flexibility index (Phi) is 5.63. The third-order valence-electron chi connectivity index (χ3n) is 3.66. The molecule has 1 fully saturated rings. The Balaban J connectivity index is 2.49. The van der Waals surface area contributed by atoms with Crippen LogP contribution in [0.25, 0.3) is 0 Å². The van der Waals surface area contributed by atoms with E-state index in [1.807, 2.05) is 13.0 Å². The van der Waals surface area contributed by atoms with E-state index in [2.05, 4.69) is 5.32 Å². The first-order chi connectivity index (χ1) is 8.60. The summed E-state index contributed by atoms with van der Waals surface area (Å²) in [6.07, 6.45) is 3.20. The first kappa shape index (κ1) is 14.5. The molecule has 0 bridgehead atoms. The summed E-state index contributed by atoms with van der Waals surface area (Å²) >= 11 is 0. The van der Waals surface area contributed by atoms with Gasteiger partial charge in [0.2, 0.25) is 5.91 Å². The first-order valence-corrected chi connectivity index (χ1v) is 6.47. The average molecular weight is 252 g/mol. The van der Waals surface area contributed by atoms with Crippen molar-refractivity contribution in [2.45, 2.75) is 39.0 Å². The molecule has 0 aliphatic heterocycles. The molecule has 0 aromatic rings. The average Bonchev–Trinajstić information content (AvgIpc) is 2.78. The second kappa shape index (κ2) is 7.00. The number of hydrogen-bond acceptors (Lipinski definition) is 3. The Hall–Kier alpha value is -1.57. The van der Waals surface area contributed by atoms with Crippen molar-refractivity contribution in [1.29, 1.82) is 5.26 Å². The smallest absolute Gasteiger partial charge is 0.307 e. The number of nitrogens with one attached hydrogen (secondary N) is 1. The lowest BCUT2D eigenvalue weighted by atomic mass is 9.95. The number of nitrogens with zero attached hydrogens (tertiary/aromatic N) is 1. The van der Waals surface area contributed by atoms with Crippen molar-refractivity contribution in [3.05, 3.63) is 0 Å². The van der Waals surface area contributed by atoms with Gasteiger partial charge in [0.15, 0.2) is 0 Å². The van der Waals surface area contributed by atoms with Crippen LogP contribution in [0.4, 0.5) is 0 Å². The first-order valence-electron chi connectivity index (χ1n) is 6.47. The van der Waals surface area contributed by atoms with Crippen LogP contribution < -0.4 is 5.32 Å². The standard InChI is InChI=1S/C13H20N2O3/c1-2-9-7-10(11(8-9)13(17)18)12(16)15-6-4-3-5-14/h9-11H,2-4,6-8H2,1H3,(H,15,16)(H,17,18). The molecule has 1 rings (SSSR count). The summed E-state index contributed by atoms with van der Waals surface area (Å²) < 4.78 is 0. The maximum atomic E-state index is 11.9. The zero-order valence-electron chi connectivity index (χ0n) is 10.7. The molecule has 3 unspecified atom stereocenters. The van der Waals surface area contributed by atoms with Crippen LogP contribution in [-0.4, -0.2) is 23.5 Å². The van der Waals surface area contributed by atoms with Gasteiger partial charge in [-0.3, -0.25) is 9.59 Å². The molecule has 5 nitrogen and oxygen atoms in total. The summed E-state index contributed by atoms with van der Waals surface area (Å²) in [4.78, 5) is 23.1. The van der Waals surface area contributed by atoms with Gasteiger partial charge in [-0.2, -0.15) is 5.26 Å². The Labute approximate surface area is 107 Å². The van der Waals surface area contributed by atoms with E-state index in [1.54, 1.807) is 0 Å². The van der Waals surface area contributed by atoms with E-state index >= 15 is 0 Å². The van der Waals surface area contributed by atoms with E-state index < -0.39 is 17.8 Å². The molecule has 0 spiro atoms. The topological polar surface area (TPSA) is 90.2 Å². The van der Waals surface area contributed by atoms with Crippen LogP contribution in [0, 0.1) is 29.1 Å². The minimum Gasteiger partial charge on any atom is -0.481 e. The number of carboxylic acid groups (broad SMARTS) is 1. The molecule has 1 amide bonds. The van der Waals surface area contributed by atoms with Crippen LogP contribution in [0.2, 0.25) is 0 Å². The van der Waals surface area contributed by atoms with Crippen LogP contribution in [-0.2, 0) is 9.59 Å². The summed E-state index contributed by atoms with van der Waals surface area (Å²) in [5.41, 5.74) is 0. The van der Waals surface area contributed by atoms with Crippen LogP contribution in [0.5, 0.6) is 0 Å². The van der Waals surface area contributed by atoms with E-state index in [-0.39, 0.29) is 5.91 Å². The number of hydrogen-bond donors (Lipinski definition) is 2. The second-order valence-corrected chi connectivity index (χ2v) is 4.85. The van der Waals surface area contributed by atoms with E-state index in [1.165, 1.54) is 0 Å². The van der Waals surface area contributed by atoms with Gasteiger partial charge in [-0.05, 0) is 25.2 Å². The molecule has 18 heavy (non-hydrogen) atoms. The highest BCUT2D eigenvalue weighted by molar-refractivity contribution is 5.85. The van der Waals surface area contributed by atoms with Gasteiger partial charge in [0.25, 0.3) is 0 Å². The van der Waals surface area contributed by atoms with Crippen molar-refractivity contribution in [1.82, 2.24) is 5.32 Å². The summed E-state index contributed by atoms with van der Waals surface area (Å²) in [6, 6.07) is 2.01. The fraction of sp³-hybridized carbons (Fsp3) is 0.769. The molecule has 1 aliphatic carbocycles. The predicted molar refractivity (Wildman–Crippen MR) is 65.5 cm³/mol. The predicted octanol–water partition coefficient (Wildman–Crippen LogP) is 1.54. The molecule has 100 valence electrons. The molecule has 0 aromatic carbocycles. The van der Waals surface area contributed by atoms with Gasteiger partial charge in [-0.1, -0.05) is 13.3 Å². The Bertz CT molecular complexity index is 349. The lowest BCUT2D eigenvalue weighted by Crippen LogP contribution is -2.35. The van der Waals surface area contributed by atoms with Gasteiger partial charge in [0, 0.05) is 13.0 Å². The number of carboxylic acids is 1. The van der Waals surface area contributed by atoms with E-state index in [9.17, 15) is 9.59 Å². The molecule has 5 heteroatoms. The van der Waals surface area contributed by atoms with Crippen molar-refractivity contribution in [2.24, 2.45) is 17.8 Å². The minimum atomic E-state index is -0.872. The van der Waals surface area contributed by atoms with Gasteiger partial charge in [0.1, 0.15) is 0 Å². The number of aliphatic carboxylic acids is 1. The molecule has 2 N–H and O–H groups in total. The fourth-order valence-corrected chi connectivity index (χ4v) is 2.55. The lowest BCUT2D eigenvalue weighted by molar-refractivity contribution is -0.146. The maximum Gasteiger partial charge on any atom is 0.307 e. The van der Waals surface area contributed by atoms with E-state index in [0.29, 0.717) is 38.1 Å². The minimum absolute atomic E-state index is 0.170. The van der Waals surface area contributed by atoms with Crippen LogP contribution in [0.1, 0.15) is 39.0 Å². The van der Waals surface area contributed by atoms with Gasteiger partial charge in [0.05, 0.1) is 17.9 Å².